The van der Waals surface area contributed by atoms with Gasteiger partial charge in [-0.15, -0.1) is 0 Å². The smallest absolute Gasteiger partial charge is 0.353 e. The Morgan fingerprint density at radius 1 is 1.17 bits per heavy atom. The van der Waals surface area contributed by atoms with Crippen LogP contribution in [0.5, 0.6) is 0 Å². The summed E-state index contributed by atoms with van der Waals surface area (Å²) in [5, 5.41) is 3.60. The van der Waals surface area contributed by atoms with E-state index in [2.05, 4.69) is 4.98 Å². The molecule has 1 saturated heterocycles. The molecule has 0 atom stereocenters. The number of carbonyl (C=O) groups excluding carboxylic acids is 1. The Morgan fingerprint density at radius 2 is 1.91 bits per heavy atom. The fourth-order valence-electron chi connectivity index (χ4n) is 2.56. The van der Waals surface area contributed by atoms with Crippen molar-refractivity contribution in [2.75, 3.05) is 31.1 Å². The van der Waals surface area contributed by atoms with Crippen LogP contribution in [0.2, 0.25) is 0 Å². The monoisotopic (exact) mass is 341 g/mol. The van der Waals surface area contributed by atoms with E-state index in [4.69, 9.17) is 0 Å². The number of nitrogens with zero attached hydrogens (tertiary/aromatic N) is 3. The molecular formula is C15H14F3N3OS. The molecule has 0 bridgehead atoms. The molecule has 0 radical (unpaired) electrons. The molecule has 0 N–H and O–H groups in total. The molecule has 1 amide bonds. The van der Waals surface area contributed by atoms with Crippen LogP contribution in [0, 0.1) is 0 Å². The zero-order valence-corrected chi connectivity index (χ0v) is 12.9. The highest BCUT2D eigenvalue weighted by molar-refractivity contribution is 7.08. The zero-order chi connectivity index (χ0) is 16.4. The van der Waals surface area contributed by atoms with E-state index in [-0.39, 0.29) is 11.7 Å². The number of thiophene rings is 1. The van der Waals surface area contributed by atoms with Gasteiger partial charge in [-0.2, -0.15) is 24.5 Å². The second-order valence-electron chi connectivity index (χ2n) is 5.16. The normalized spacial score (nSPS) is 15.8. The number of pyridine rings is 1. The van der Waals surface area contributed by atoms with Gasteiger partial charge in [0, 0.05) is 37.8 Å². The third-order valence-electron chi connectivity index (χ3n) is 3.73. The van der Waals surface area contributed by atoms with Crippen molar-refractivity contribution in [3.63, 3.8) is 0 Å². The number of alkyl halides is 3. The lowest BCUT2D eigenvalue weighted by Gasteiger charge is -2.36. The highest BCUT2D eigenvalue weighted by Crippen LogP contribution is 2.35. The van der Waals surface area contributed by atoms with E-state index in [9.17, 15) is 18.0 Å². The molecule has 122 valence electrons. The van der Waals surface area contributed by atoms with E-state index in [1.807, 2.05) is 5.38 Å². The van der Waals surface area contributed by atoms with Crippen molar-refractivity contribution in [1.29, 1.82) is 0 Å². The summed E-state index contributed by atoms with van der Waals surface area (Å²) in [7, 11) is 0. The van der Waals surface area contributed by atoms with Crippen LogP contribution in [0.15, 0.2) is 35.2 Å². The summed E-state index contributed by atoms with van der Waals surface area (Å²) in [6, 6.07) is 4.06. The van der Waals surface area contributed by atoms with E-state index < -0.39 is 11.7 Å². The average Bonchev–Trinajstić information content (AvgIpc) is 3.08. The third kappa shape index (κ3) is 3.31. The van der Waals surface area contributed by atoms with Crippen molar-refractivity contribution in [2.24, 2.45) is 0 Å². The quantitative estimate of drug-likeness (QED) is 0.842. The summed E-state index contributed by atoms with van der Waals surface area (Å²) in [5.41, 5.74) is -0.116. The molecule has 3 heterocycles. The molecule has 2 aromatic heterocycles. The van der Waals surface area contributed by atoms with Crippen LogP contribution in [-0.4, -0.2) is 42.0 Å². The number of rotatable bonds is 2. The summed E-state index contributed by atoms with van der Waals surface area (Å²) in [5.74, 6) is -0.148. The fraction of sp³-hybridized carbons (Fsp3) is 0.333. The number of aromatic nitrogens is 1. The van der Waals surface area contributed by atoms with Crippen molar-refractivity contribution < 1.29 is 18.0 Å². The Balaban J connectivity index is 1.72. The minimum atomic E-state index is -4.44. The molecule has 0 spiro atoms. The molecule has 23 heavy (non-hydrogen) atoms. The van der Waals surface area contributed by atoms with Crippen molar-refractivity contribution >= 4 is 23.1 Å². The lowest BCUT2D eigenvalue weighted by Crippen LogP contribution is -2.49. The van der Waals surface area contributed by atoms with Crippen LogP contribution in [0.25, 0.3) is 0 Å². The molecule has 8 heteroatoms. The Kier molecular flexibility index (Phi) is 4.25. The van der Waals surface area contributed by atoms with Crippen molar-refractivity contribution in [3.05, 3.63) is 46.3 Å². The predicted molar refractivity (Wildman–Crippen MR) is 81.7 cm³/mol. The minimum Gasteiger partial charge on any atom is -0.353 e. The van der Waals surface area contributed by atoms with Gasteiger partial charge in [0.25, 0.3) is 5.91 Å². The number of carbonyl (C=O) groups is 1. The second-order valence-corrected chi connectivity index (χ2v) is 5.94. The highest BCUT2D eigenvalue weighted by atomic mass is 32.1. The number of hydrogen-bond acceptors (Lipinski definition) is 4. The van der Waals surface area contributed by atoms with Gasteiger partial charge in [0.05, 0.1) is 11.1 Å². The lowest BCUT2D eigenvalue weighted by molar-refractivity contribution is -0.137. The minimum absolute atomic E-state index is 0.0670. The van der Waals surface area contributed by atoms with Crippen LogP contribution in [0.4, 0.5) is 19.0 Å². The first-order chi connectivity index (χ1) is 11.0. The molecule has 1 aliphatic heterocycles. The molecule has 0 aromatic carbocycles. The first-order valence-corrected chi connectivity index (χ1v) is 8.00. The van der Waals surface area contributed by atoms with Gasteiger partial charge in [0.1, 0.15) is 5.82 Å². The van der Waals surface area contributed by atoms with E-state index in [1.54, 1.807) is 21.2 Å². The average molecular weight is 341 g/mol. The number of piperazine rings is 1. The van der Waals surface area contributed by atoms with Gasteiger partial charge in [-0.1, -0.05) is 0 Å². The van der Waals surface area contributed by atoms with E-state index in [0.29, 0.717) is 31.7 Å². The SMILES string of the molecule is O=C(c1ccsc1)N1CCN(c2ncccc2C(F)(F)F)CC1. The molecule has 1 fully saturated rings. The zero-order valence-electron chi connectivity index (χ0n) is 12.1. The lowest BCUT2D eigenvalue weighted by atomic mass is 10.2. The summed E-state index contributed by atoms with van der Waals surface area (Å²) >= 11 is 1.44. The van der Waals surface area contributed by atoms with Crippen LogP contribution in [0.3, 0.4) is 0 Å². The van der Waals surface area contributed by atoms with Gasteiger partial charge in [-0.25, -0.2) is 4.98 Å². The van der Waals surface area contributed by atoms with E-state index in [0.717, 1.165) is 6.07 Å². The number of anilines is 1. The van der Waals surface area contributed by atoms with Gasteiger partial charge in [-0.3, -0.25) is 4.79 Å². The first-order valence-electron chi connectivity index (χ1n) is 7.05. The standard InChI is InChI=1S/C15H14F3N3OS/c16-15(17,18)12-2-1-4-19-13(12)20-5-7-21(8-6-20)14(22)11-3-9-23-10-11/h1-4,9-10H,5-8H2. The molecule has 0 unspecified atom stereocenters. The van der Waals surface area contributed by atoms with Crippen LogP contribution >= 0.6 is 11.3 Å². The highest BCUT2D eigenvalue weighted by Gasteiger charge is 2.36. The van der Waals surface area contributed by atoms with E-state index >= 15 is 0 Å². The topological polar surface area (TPSA) is 36.4 Å². The maximum atomic E-state index is 13.1. The second kappa shape index (κ2) is 6.19. The Morgan fingerprint density at radius 3 is 2.52 bits per heavy atom. The van der Waals surface area contributed by atoms with Gasteiger partial charge in [-0.05, 0) is 23.6 Å². The summed E-state index contributed by atoms with van der Waals surface area (Å²) in [6.45, 7) is 1.41. The van der Waals surface area contributed by atoms with Crippen LogP contribution in [-0.2, 0) is 6.18 Å². The predicted octanol–water partition coefficient (Wildman–Crippen LogP) is 3.12. The summed E-state index contributed by atoms with van der Waals surface area (Å²) in [6.07, 6.45) is -3.08. The van der Waals surface area contributed by atoms with E-state index in [1.165, 1.54) is 23.6 Å². The first kappa shape index (κ1) is 15.8. The molecule has 3 rings (SSSR count). The summed E-state index contributed by atoms with van der Waals surface area (Å²) < 4.78 is 39.2. The van der Waals surface area contributed by atoms with Gasteiger partial charge < -0.3 is 9.80 Å². The maximum Gasteiger partial charge on any atom is 0.419 e. The Bertz CT molecular complexity index is 680. The van der Waals surface area contributed by atoms with Crippen molar-refractivity contribution in [1.82, 2.24) is 9.88 Å². The molecule has 1 aliphatic rings. The molecule has 2 aromatic rings. The Hall–Kier alpha value is -2.09. The number of amides is 1. The van der Waals surface area contributed by atoms with Gasteiger partial charge in [0.15, 0.2) is 0 Å². The van der Waals surface area contributed by atoms with Gasteiger partial charge in [0.2, 0.25) is 0 Å². The number of hydrogen-bond donors (Lipinski definition) is 0. The largest absolute Gasteiger partial charge is 0.419 e. The third-order valence-corrected chi connectivity index (χ3v) is 4.41. The summed E-state index contributed by atoms with van der Waals surface area (Å²) in [4.78, 5) is 19.4. The Labute approximate surface area is 135 Å². The van der Waals surface area contributed by atoms with Crippen molar-refractivity contribution in [2.45, 2.75) is 6.18 Å². The molecular weight excluding hydrogens is 327 g/mol. The van der Waals surface area contributed by atoms with Crippen LogP contribution < -0.4 is 4.90 Å². The van der Waals surface area contributed by atoms with Gasteiger partial charge >= 0.3 is 6.18 Å². The number of halogens is 3. The maximum absolute atomic E-state index is 13.1. The fourth-order valence-corrected chi connectivity index (χ4v) is 3.19. The molecule has 4 nitrogen and oxygen atoms in total. The van der Waals surface area contributed by atoms with Crippen LogP contribution in [0.1, 0.15) is 15.9 Å². The molecule has 0 saturated carbocycles. The van der Waals surface area contributed by atoms with Crippen molar-refractivity contribution in [3.8, 4) is 0 Å². The molecule has 0 aliphatic carbocycles.